The molecule has 86 valence electrons. The van der Waals surface area contributed by atoms with Crippen LogP contribution >= 0.6 is 22.9 Å². The fourth-order valence-electron chi connectivity index (χ4n) is 1.67. The van der Waals surface area contributed by atoms with Crippen molar-refractivity contribution in [2.24, 2.45) is 0 Å². The van der Waals surface area contributed by atoms with Crippen molar-refractivity contribution in [3.63, 3.8) is 0 Å². The maximum Gasteiger partial charge on any atom is 0.192 e. The lowest BCUT2D eigenvalue weighted by Gasteiger charge is -1.94. The van der Waals surface area contributed by atoms with Gasteiger partial charge < -0.3 is 4.42 Å². The molecular weight excluding hydrogens is 256 g/mol. The highest BCUT2D eigenvalue weighted by molar-refractivity contribution is 7.13. The summed E-state index contributed by atoms with van der Waals surface area (Å²) in [4.78, 5) is 8.70. The van der Waals surface area contributed by atoms with Crippen LogP contribution in [0.15, 0.2) is 28.0 Å². The van der Waals surface area contributed by atoms with Crippen LogP contribution in [0.5, 0.6) is 0 Å². The molecule has 0 radical (unpaired) electrons. The maximum absolute atomic E-state index is 5.74. The lowest BCUT2D eigenvalue weighted by molar-refractivity contribution is 0.561. The number of benzene rings is 1. The number of alkyl halides is 1. The van der Waals surface area contributed by atoms with E-state index in [1.54, 1.807) is 11.3 Å². The van der Waals surface area contributed by atoms with Gasteiger partial charge in [0.1, 0.15) is 10.5 Å². The van der Waals surface area contributed by atoms with E-state index < -0.39 is 0 Å². The third kappa shape index (κ3) is 1.94. The predicted molar refractivity (Wildman–Crippen MR) is 69.4 cm³/mol. The third-order valence-corrected chi connectivity index (χ3v) is 3.64. The molecule has 0 atom stereocenters. The molecular formula is C12H9ClN2OS. The van der Waals surface area contributed by atoms with Crippen molar-refractivity contribution in [3.8, 4) is 10.6 Å². The van der Waals surface area contributed by atoms with Gasteiger partial charge in [-0.2, -0.15) is 0 Å². The lowest BCUT2D eigenvalue weighted by Crippen LogP contribution is -1.79. The molecule has 5 heteroatoms. The van der Waals surface area contributed by atoms with Crippen molar-refractivity contribution < 1.29 is 4.42 Å². The standard InChI is InChI=1S/C12H9ClN2OS/c1-7-14-10-3-2-8(4-11(10)16-7)12-15-9(5-13)6-17-12/h2-4,6H,5H2,1H3. The Balaban J connectivity index is 2.10. The molecule has 0 aliphatic rings. The van der Waals surface area contributed by atoms with E-state index >= 15 is 0 Å². The summed E-state index contributed by atoms with van der Waals surface area (Å²) < 4.78 is 5.50. The van der Waals surface area contributed by atoms with Crippen LogP contribution in [0.2, 0.25) is 0 Å². The van der Waals surface area contributed by atoms with Gasteiger partial charge in [0.2, 0.25) is 0 Å². The minimum absolute atomic E-state index is 0.445. The van der Waals surface area contributed by atoms with Crippen LogP contribution < -0.4 is 0 Å². The quantitative estimate of drug-likeness (QED) is 0.657. The number of hydrogen-bond donors (Lipinski definition) is 0. The first-order chi connectivity index (χ1) is 8.26. The van der Waals surface area contributed by atoms with Crippen molar-refractivity contribution in [2.45, 2.75) is 12.8 Å². The largest absolute Gasteiger partial charge is 0.441 e. The molecule has 3 aromatic rings. The first kappa shape index (κ1) is 10.7. The second kappa shape index (κ2) is 4.13. The molecule has 3 nitrogen and oxygen atoms in total. The molecule has 3 rings (SSSR count). The van der Waals surface area contributed by atoms with E-state index in [1.807, 2.05) is 30.5 Å². The SMILES string of the molecule is Cc1nc2ccc(-c3nc(CCl)cs3)cc2o1. The van der Waals surface area contributed by atoms with Crippen molar-refractivity contribution in [1.82, 2.24) is 9.97 Å². The molecule has 17 heavy (non-hydrogen) atoms. The van der Waals surface area contributed by atoms with E-state index in [2.05, 4.69) is 9.97 Å². The van der Waals surface area contributed by atoms with E-state index in [0.29, 0.717) is 11.8 Å². The van der Waals surface area contributed by atoms with Crippen LogP contribution in [-0.4, -0.2) is 9.97 Å². The molecule has 0 aliphatic carbocycles. The first-order valence-electron chi connectivity index (χ1n) is 5.14. The Labute approximate surface area is 107 Å². The summed E-state index contributed by atoms with van der Waals surface area (Å²) in [6, 6.07) is 5.91. The van der Waals surface area contributed by atoms with Crippen LogP contribution in [0, 0.1) is 6.92 Å². The summed E-state index contributed by atoms with van der Waals surface area (Å²) >= 11 is 7.33. The zero-order chi connectivity index (χ0) is 11.8. The van der Waals surface area contributed by atoms with Gasteiger partial charge in [-0.3, -0.25) is 0 Å². The molecule has 0 bridgehead atoms. The molecule has 0 N–H and O–H groups in total. The predicted octanol–water partition coefficient (Wildman–Crippen LogP) is 4.00. The highest BCUT2D eigenvalue weighted by Crippen LogP contribution is 2.27. The van der Waals surface area contributed by atoms with E-state index in [-0.39, 0.29) is 0 Å². The highest BCUT2D eigenvalue weighted by Gasteiger charge is 2.07. The molecule has 0 saturated heterocycles. The Morgan fingerprint density at radius 3 is 3.00 bits per heavy atom. The Kier molecular flexibility index (Phi) is 2.61. The van der Waals surface area contributed by atoms with Crippen LogP contribution in [-0.2, 0) is 5.88 Å². The van der Waals surface area contributed by atoms with Crippen molar-refractivity contribution >= 4 is 34.0 Å². The number of nitrogens with zero attached hydrogens (tertiary/aromatic N) is 2. The molecule has 0 amide bonds. The zero-order valence-corrected chi connectivity index (χ0v) is 10.7. The van der Waals surface area contributed by atoms with E-state index in [4.69, 9.17) is 16.0 Å². The molecule has 0 fully saturated rings. The molecule has 0 unspecified atom stereocenters. The minimum atomic E-state index is 0.445. The zero-order valence-electron chi connectivity index (χ0n) is 9.11. The fraction of sp³-hybridized carbons (Fsp3) is 0.167. The summed E-state index contributed by atoms with van der Waals surface area (Å²) in [5.41, 5.74) is 3.61. The summed E-state index contributed by atoms with van der Waals surface area (Å²) in [5, 5.41) is 2.93. The van der Waals surface area contributed by atoms with Gasteiger partial charge in [0.15, 0.2) is 11.5 Å². The van der Waals surface area contributed by atoms with Gasteiger partial charge >= 0.3 is 0 Å². The summed E-state index contributed by atoms with van der Waals surface area (Å²) in [6.45, 7) is 1.84. The second-order valence-electron chi connectivity index (χ2n) is 3.69. The number of aryl methyl sites for hydroxylation is 1. The van der Waals surface area contributed by atoms with Crippen molar-refractivity contribution in [3.05, 3.63) is 35.2 Å². The molecule has 0 spiro atoms. The molecule has 2 aromatic heterocycles. The summed E-state index contributed by atoms with van der Waals surface area (Å²) in [5.74, 6) is 1.12. The van der Waals surface area contributed by atoms with Crippen LogP contribution in [0.1, 0.15) is 11.6 Å². The third-order valence-electron chi connectivity index (χ3n) is 2.43. The van der Waals surface area contributed by atoms with E-state index in [0.717, 1.165) is 27.4 Å². The molecule has 0 saturated carbocycles. The van der Waals surface area contributed by atoms with Gasteiger partial charge in [-0.15, -0.1) is 22.9 Å². The monoisotopic (exact) mass is 264 g/mol. The smallest absolute Gasteiger partial charge is 0.192 e. The van der Waals surface area contributed by atoms with Crippen LogP contribution in [0.4, 0.5) is 0 Å². The second-order valence-corrected chi connectivity index (χ2v) is 4.82. The number of rotatable bonds is 2. The van der Waals surface area contributed by atoms with Crippen molar-refractivity contribution in [1.29, 1.82) is 0 Å². The van der Waals surface area contributed by atoms with Gasteiger partial charge in [0.25, 0.3) is 0 Å². The minimum Gasteiger partial charge on any atom is -0.441 e. The van der Waals surface area contributed by atoms with Gasteiger partial charge in [0.05, 0.1) is 11.6 Å². The fourth-order valence-corrected chi connectivity index (χ4v) is 2.72. The summed E-state index contributed by atoms with van der Waals surface area (Å²) in [6.07, 6.45) is 0. The average Bonchev–Trinajstić information content (AvgIpc) is 2.92. The number of thiazole rings is 1. The van der Waals surface area contributed by atoms with Gasteiger partial charge in [-0.1, -0.05) is 0 Å². The molecule has 0 aliphatic heterocycles. The number of halogens is 1. The Morgan fingerprint density at radius 1 is 1.35 bits per heavy atom. The van der Waals surface area contributed by atoms with Crippen LogP contribution in [0.3, 0.4) is 0 Å². The lowest BCUT2D eigenvalue weighted by atomic mass is 10.2. The number of hydrogen-bond acceptors (Lipinski definition) is 4. The number of aromatic nitrogens is 2. The van der Waals surface area contributed by atoms with Gasteiger partial charge in [-0.25, -0.2) is 9.97 Å². The van der Waals surface area contributed by atoms with E-state index in [1.165, 1.54) is 0 Å². The van der Waals surface area contributed by atoms with Gasteiger partial charge in [0, 0.05) is 17.9 Å². The number of oxazole rings is 1. The average molecular weight is 265 g/mol. The maximum atomic E-state index is 5.74. The Morgan fingerprint density at radius 2 is 2.24 bits per heavy atom. The van der Waals surface area contributed by atoms with Gasteiger partial charge in [-0.05, 0) is 18.2 Å². The summed E-state index contributed by atoms with van der Waals surface area (Å²) in [7, 11) is 0. The van der Waals surface area contributed by atoms with Crippen LogP contribution in [0.25, 0.3) is 21.7 Å². The van der Waals surface area contributed by atoms with Crippen molar-refractivity contribution in [2.75, 3.05) is 0 Å². The Bertz CT molecular complexity index is 674. The normalized spacial score (nSPS) is 11.2. The molecule has 2 heterocycles. The Hall–Kier alpha value is -1.39. The molecule has 1 aromatic carbocycles. The number of fused-ring (bicyclic) bond motifs is 1. The highest BCUT2D eigenvalue weighted by atomic mass is 35.5. The first-order valence-corrected chi connectivity index (χ1v) is 6.55. The van der Waals surface area contributed by atoms with E-state index in [9.17, 15) is 0 Å². The topological polar surface area (TPSA) is 38.9 Å².